The third-order valence-corrected chi connectivity index (χ3v) is 1.12. The minimum absolute atomic E-state index is 0.0741. The number of aliphatic hydroxyl groups excluding tert-OH is 1. The molecule has 0 aliphatic heterocycles. The van der Waals surface area contributed by atoms with Crippen molar-refractivity contribution in [3.63, 3.8) is 0 Å². The molecule has 0 fully saturated rings. The number of hydrogen-bond donors (Lipinski definition) is 2. The van der Waals surface area contributed by atoms with E-state index in [4.69, 9.17) is 5.11 Å². The van der Waals surface area contributed by atoms with Gasteiger partial charge in [-0.15, -0.1) is 0 Å². The molecule has 0 radical (unpaired) electrons. The summed E-state index contributed by atoms with van der Waals surface area (Å²) in [7, 11) is 0. The maximum Gasteiger partial charge on any atom is 0.320 e. The minimum atomic E-state index is -0.334. The van der Waals surface area contributed by atoms with Crippen LogP contribution < -0.4 is 5.32 Å². The summed E-state index contributed by atoms with van der Waals surface area (Å²) >= 11 is 0. The summed E-state index contributed by atoms with van der Waals surface area (Å²) in [5.41, 5.74) is -0.0851. The van der Waals surface area contributed by atoms with Crippen molar-refractivity contribution in [2.45, 2.75) is 26.3 Å². The number of carbonyl (C=O) groups is 1. The Bertz CT molecular complexity index is 140. The molecule has 0 aromatic rings. The van der Waals surface area contributed by atoms with Crippen molar-refractivity contribution in [2.24, 2.45) is 0 Å². The fourth-order valence-corrected chi connectivity index (χ4v) is 0.548. The van der Waals surface area contributed by atoms with Crippen LogP contribution in [-0.4, -0.2) is 36.4 Å². The van der Waals surface area contributed by atoms with Crippen LogP contribution in [0.4, 0.5) is 0 Å². The molecule has 0 unspecified atom stereocenters. The summed E-state index contributed by atoms with van der Waals surface area (Å²) in [5, 5.41) is 11.3. The van der Waals surface area contributed by atoms with Gasteiger partial charge in [-0.25, -0.2) is 0 Å². The molecule has 0 aliphatic rings. The Morgan fingerprint density at radius 1 is 1.50 bits per heavy atom. The molecule has 0 rings (SSSR count). The third kappa shape index (κ3) is 7.50. The molecule has 0 amide bonds. The van der Waals surface area contributed by atoms with Gasteiger partial charge < -0.3 is 15.2 Å². The van der Waals surface area contributed by atoms with Crippen molar-refractivity contribution in [1.29, 1.82) is 0 Å². The van der Waals surface area contributed by atoms with E-state index in [0.717, 1.165) is 0 Å². The second-order valence-electron chi connectivity index (χ2n) is 3.55. The molecular formula is C8H17NO3. The predicted octanol–water partition coefficient (Wildman–Crippen LogP) is -0.0900. The zero-order valence-electron chi connectivity index (χ0n) is 7.89. The molecule has 4 heteroatoms. The monoisotopic (exact) mass is 175 g/mol. The van der Waals surface area contributed by atoms with Crippen molar-refractivity contribution in [1.82, 2.24) is 5.32 Å². The average Bonchev–Trinajstić information content (AvgIpc) is 1.95. The van der Waals surface area contributed by atoms with Gasteiger partial charge in [-0.3, -0.25) is 4.79 Å². The van der Waals surface area contributed by atoms with Crippen molar-refractivity contribution < 1.29 is 14.6 Å². The lowest BCUT2D eigenvalue weighted by Crippen LogP contribution is -2.40. The number of rotatable bonds is 4. The van der Waals surface area contributed by atoms with Gasteiger partial charge in [-0.1, -0.05) is 0 Å². The number of carbonyl (C=O) groups excluding carboxylic acids is 1. The first-order chi connectivity index (χ1) is 5.45. The molecule has 0 aromatic heterocycles. The smallest absolute Gasteiger partial charge is 0.320 e. The largest absolute Gasteiger partial charge is 0.462 e. The first-order valence-electron chi connectivity index (χ1n) is 3.97. The maximum absolute atomic E-state index is 10.9. The first-order valence-corrected chi connectivity index (χ1v) is 3.97. The van der Waals surface area contributed by atoms with Gasteiger partial charge in [0.2, 0.25) is 0 Å². The summed E-state index contributed by atoms with van der Waals surface area (Å²) in [6.45, 7) is 6.03. The van der Waals surface area contributed by atoms with Gasteiger partial charge in [0.25, 0.3) is 0 Å². The van der Waals surface area contributed by atoms with E-state index in [0.29, 0.717) is 0 Å². The Labute approximate surface area is 72.9 Å². The highest BCUT2D eigenvalue weighted by Gasteiger charge is 2.11. The zero-order chi connectivity index (χ0) is 9.61. The van der Waals surface area contributed by atoms with Gasteiger partial charge in [0.05, 0.1) is 13.2 Å². The second-order valence-corrected chi connectivity index (χ2v) is 3.55. The lowest BCUT2D eigenvalue weighted by molar-refractivity contribution is -0.143. The molecule has 0 aromatic carbocycles. The van der Waals surface area contributed by atoms with Crippen molar-refractivity contribution >= 4 is 5.97 Å². The van der Waals surface area contributed by atoms with Crippen LogP contribution in [-0.2, 0) is 9.53 Å². The molecule has 0 atom stereocenters. The van der Waals surface area contributed by atoms with E-state index < -0.39 is 0 Å². The fraction of sp³-hybridized carbons (Fsp3) is 0.875. The van der Waals surface area contributed by atoms with Crippen LogP contribution in [0.25, 0.3) is 0 Å². The Morgan fingerprint density at radius 2 is 2.08 bits per heavy atom. The Kier molecular flexibility index (Phi) is 4.85. The van der Waals surface area contributed by atoms with Crippen LogP contribution in [0.2, 0.25) is 0 Å². The van der Waals surface area contributed by atoms with Crippen LogP contribution >= 0.6 is 0 Å². The van der Waals surface area contributed by atoms with E-state index in [9.17, 15) is 4.79 Å². The average molecular weight is 175 g/mol. The molecule has 0 saturated heterocycles. The number of esters is 1. The van der Waals surface area contributed by atoms with Crippen molar-refractivity contribution in [3.8, 4) is 0 Å². The van der Waals surface area contributed by atoms with E-state index in [1.807, 2.05) is 20.8 Å². The van der Waals surface area contributed by atoms with Crippen LogP contribution in [0.1, 0.15) is 20.8 Å². The van der Waals surface area contributed by atoms with E-state index in [-0.39, 0.29) is 31.3 Å². The van der Waals surface area contributed by atoms with Crippen molar-refractivity contribution in [2.75, 3.05) is 19.8 Å². The summed E-state index contributed by atoms with van der Waals surface area (Å²) in [6, 6.07) is 0. The van der Waals surface area contributed by atoms with E-state index in [1.54, 1.807) is 0 Å². The first kappa shape index (κ1) is 11.4. The van der Waals surface area contributed by atoms with Crippen LogP contribution in [0.15, 0.2) is 0 Å². The second kappa shape index (κ2) is 5.11. The van der Waals surface area contributed by atoms with Gasteiger partial charge in [0, 0.05) is 5.54 Å². The number of ether oxygens (including phenoxy) is 1. The van der Waals surface area contributed by atoms with Crippen LogP contribution in [0.3, 0.4) is 0 Å². The highest BCUT2D eigenvalue weighted by atomic mass is 16.5. The van der Waals surface area contributed by atoms with E-state index in [1.165, 1.54) is 0 Å². The lowest BCUT2D eigenvalue weighted by Gasteiger charge is -2.19. The number of hydrogen-bond acceptors (Lipinski definition) is 4. The molecule has 0 heterocycles. The Balaban J connectivity index is 3.44. The molecule has 2 N–H and O–H groups in total. The highest BCUT2D eigenvalue weighted by molar-refractivity contribution is 5.71. The summed E-state index contributed by atoms with van der Waals surface area (Å²) in [6.07, 6.45) is 0. The zero-order valence-corrected chi connectivity index (χ0v) is 7.89. The summed E-state index contributed by atoms with van der Waals surface area (Å²) in [4.78, 5) is 10.9. The molecule has 0 bridgehead atoms. The minimum Gasteiger partial charge on any atom is -0.462 e. The topological polar surface area (TPSA) is 58.6 Å². The Morgan fingerprint density at radius 3 is 2.50 bits per heavy atom. The van der Waals surface area contributed by atoms with Crippen molar-refractivity contribution in [3.05, 3.63) is 0 Å². The summed E-state index contributed by atoms with van der Waals surface area (Å²) in [5.74, 6) is -0.334. The van der Waals surface area contributed by atoms with Crippen LogP contribution in [0.5, 0.6) is 0 Å². The summed E-state index contributed by atoms with van der Waals surface area (Å²) < 4.78 is 4.64. The lowest BCUT2D eigenvalue weighted by atomic mass is 10.1. The quantitative estimate of drug-likeness (QED) is 0.586. The fourth-order valence-electron chi connectivity index (χ4n) is 0.548. The van der Waals surface area contributed by atoms with E-state index in [2.05, 4.69) is 10.1 Å². The molecular weight excluding hydrogens is 158 g/mol. The van der Waals surface area contributed by atoms with Gasteiger partial charge in [0.1, 0.15) is 6.61 Å². The molecule has 72 valence electrons. The maximum atomic E-state index is 10.9. The molecule has 0 saturated carbocycles. The molecule has 0 aliphatic carbocycles. The number of nitrogens with one attached hydrogen (secondary N) is 1. The predicted molar refractivity (Wildman–Crippen MR) is 45.8 cm³/mol. The Hall–Kier alpha value is -0.610. The van der Waals surface area contributed by atoms with Gasteiger partial charge >= 0.3 is 5.97 Å². The third-order valence-electron chi connectivity index (χ3n) is 1.12. The normalized spacial score (nSPS) is 11.3. The van der Waals surface area contributed by atoms with E-state index >= 15 is 0 Å². The van der Waals surface area contributed by atoms with Gasteiger partial charge in [-0.2, -0.15) is 0 Å². The van der Waals surface area contributed by atoms with Gasteiger partial charge in [-0.05, 0) is 20.8 Å². The molecule has 12 heavy (non-hydrogen) atoms. The highest BCUT2D eigenvalue weighted by Crippen LogP contribution is 1.96. The number of aliphatic hydroxyl groups is 1. The SMILES string of the molecule is CC(C)(C)NCC(=O)OCCO. The molecule has 4 nitrogen and oxygen atoms in total. The standard InChI is InChI=1S/C8H17NO3/c1-8(2,3)9-6-7(11)12-5-4-10/h9-10H,4-6H2,1-3H3. The van der Waals surface area contributed by atoms with Gasteiger partial charge in [0.15, 0.2) is 0 Å². The van der Waals surface area contributed by atoms with Crippen LogP contribution in [0, 0.1) is 0 Å². The molecule has 0 spiro atoms.